The molecule has 3 rings (SSSR count). The van der Waals surface area contributed by atoms with Crippen LogP contribution in [0.15, 0.2) is 48.5 Å². The minimum atomic E-state index is -2.07. The first-order valence-electron chi connectivity index (χ1n) is 10.7. The molecule has 0 radical (unpaired) electrons. The minimum absolute atomic E-state index is 0.235. The third-order valence-corrected chi connectivity index (χ3v) is 7.97. The van der Waals surface area contributed by atoms with Crippen molar-refractivity contribution < 1.29 is 28.5 Å². The number of aryl methyl sites for hydroxylation is 3. The molecule has 0 fully saturated rings. The fraction of sp³-hybridized carbons (Fsp3) is 0.259. The number of rotatable bonds is 9. The normalized spacial score (nSPS) is 10.7. The molecule has 0 saturated carbocycles. The van der Waals surface area contributed by atoms with Crippen molar-refractivity contribution in [2.45, 2.75) is 20.8 Å². The van der Waals surface area contributed by atoms with Crippen LogP contribution in [0.4, 0.5) is 0 Å². The van der Waals surface area contributed by atoms with Gasteiger partial charge in [0, 0.05) is 0 Å². The van der Waals surface area contributed by atoms with Crippen molar-refractivity contribution in [3.8, 4) is 23.0 Å². The zero-order chi connectivity index (χ0) is 25.0. The summed E-state index contributed by atoms with van der Waals surface area (Å²) < 4.78 is 22.0. The second-order valence-corrected chi connectivity index (χ2v) is 9.71. The lowest BCUT2D eigenvalue weighted by Crippen LogP contribution is -2.21. The van der Waals surface area contributed by atoms with Crippen LogP contribution in [0.2, 0.25) is 0 Å². The van der Waals surface area contributed by atoms with Crippen molar-refractivity contribution in [2.24, 2.45) is 0 Å². The fourth-order valence-electron chi connectivity index (χ4n) is 3.84. The predicted molar refractivity (Wildman–Crippen MR) is 135 cm³/mol. The van der Waals surface area contributed by atoms with Crippen LogP contribution in [0, 0.1) is 20.8 Å². The number of methoxy groups -OCH3 is 4. The fourth-order valence-corrected chi connectivity index (χ4v) is 6.09. The summed E-state index contributed by atoms with van der Waals surface area (Å²) >= 11 is 0. The van der Waals surface area contributed by atoms with E-state index in [1.807, 2.05) is 32.9 Å². The van der Waals surface area contributed by atoms with Crippen molar-refractivity contribution in [3.63, 3.8) is 0 Å². The zero-order valence-electron chi connectivity index (χ0n) is 20.5. The van der Waals surface area contributed by atoms with Crippen molar-refractivity contribution in [1.82, 2.24) is 0 Å². The van der Waals surface area contributed by atoms with Crippen molar-refractivity contribution >= 4 is 24.3 Å². The summed E-state index contributed by atoms with van der Waals surface area (Å²) in [6.07, 6.45) is 0. The molecule has 178 valence electrons. The topological polar surface area (TPSA) is 71.1 Å². The molecule has 0 aliphatic heterocycles. The van der Waals surface area contributed by atoms with Crippen molar-refractivity contribution in [1.29, 1.82) is 0 Å². The molecule has 3 aromatic carbocycles. The van der Waals surface area contributed by atoms with Gasteiger partial charge in [0.05, 0.1) is 36.4 Å². The Kier molecular flexibility index (Phi) is 7.95. The van der Waals surface area contributed by atoms with E-state index in [0.29, 0.717) is 28.3 Å². The SMILES string of the molecule is COc1cccc(OC)c1C(=O)P(C(=O)c1c(OC)cccc1OC)c1cc(C)c(C)cc1C. The van der Waals surface area contributed by atoms with Crippen LogP contribution in [-0.2, 0) is 0 Å². The van der Waals surface area contributed by atoms with Crippen LogP contribution >= 0.6 is 7.92 Å². The summed E-state index contributed by atoms with van der Waals surface area (Å²) in [6, 6.07) is 14.1. The van der Waals surface area contributed by atoms with Gasteiger partial charge in [0.15, 0.2) is 0 Å². The molecule has 0 N–H and O–H groups in total. The molecule has 0 bridgehead atoms. The zero-order valence-corrected chi connectivity index (χ0v) is 21.4. The van der Waals surface area contributed by atoms with E-state index >= 15 is 0 Å². The van der Waals surface area contributed by atoms with Gasteiger partial charge >= 0.3 is 0 Å². The average Bonchev–Trinajstić information content (AvgIpc) is 2.85. The second-order valence-electron chi connectivity index (χ2n) is 7.74. The number of carbonyl (C=O) groups is 2. The highest BCUT2D eigenvalue weighted by Crippen LogP contribution is 2.50. The maximum Gasteiger partial charge on any atom is 0.204 e. The molecule has 0 heterocycles. The van der Waals surface area contributed by atoms with Crippen LogP contribution < -0.4 is 24.3 Å². The van der Waals surface area contributed by atoms with Gasteiger partial charge in [-0.25, -0.2) is 0 Å². The van der Waals surface area contributed by atoms with Gasteiger partial charge in [-0.3, -0.25) is 9.59 Å². The van der Waals surface area contributed by atoms with E-state index in [2.05, 4.69) is 0 Å². The highest BCUT2D eigenvalue weighted by Gasteiger charge is 2.37. The molecule has 0 unspecified atom stereocenters. The maximum atomic E-state index is 14.2. The maximum absolute atomic E-state index is 14.2. The van der Waals surface area contributed by atoms with Gasteiger partial charge in [0.25, 0.3) is 0 Å². The standard InChI is InChI=1S/C27H29O6P/c1-16-14-18(3)23(15-17(16)2)34(26(28)24-19(30-4)10-8-11-20(24)31-5)27(29)25-21(32-6)12-9-13-22(25)33-7/h8-15H,1-7H3. The summed E-state index contributed by atoms with van der Waals surface area (Å²) in [6.45, 7) is 5.88. The highest BCUT2D eigenvalue weighted by molar-refractivity contribution is 7.96. The number of hydrogen-bond acceptors (Lipinski definition) is 6. The molecule has 6 nitrogen and oxygen atoms in total. The van der Waals surface area contributed by atoms with E-state index < -0.39 is 7.92 Å². The third-order valence-electron chi connectivity index (χ3n) is 5.74. The molecular formula is C27H29O6P. The lowest BCUT2D eigenvalue weighted by molar-refractivity contribution is 0.104. The third kappa shape index (κ3) is 4.64. The minimum Gasteiger partial charge on any atom is -0.496 e. The largest absolute Gasteiger partial charge is 0.496 e. The first-order valence-corrected chi connectivity index (χ1v) is 12.0. The lowest BCUT2D eigenvalue weighted by Gasteiger charge is -2.23. The van der Waals surface area contributed by atoms with Gasteiger partial charge in [-0.1, -0.05) is 24.3 Å². The monoisotopic (exact) mass is 480 g/mol. The van der Waals surface area contributed by atoms with Gasteiger partial charge < -0.3 is 18.9 Å². The van der Waals surface area contributed by atoms with Crippen LogP contribution in [0.25, 0.3) is 0 Å². The molecule has 0 saturated heterocycles. The molecule has 0 amide bonds. The first-order chi connectivity index (χ1) is 16.3. The Labute approximate surface area is 201 Å². The van der Waals surface area contributed by atoms with E-state index in [4.69, 9.17) is 18.9 Å². The Morgan fingerprint density at radius 2 is 0.941 bits per heavy atom. The lowest BCUT2D eigenvalue weighted by atomic mass is 10.1. The molecule has 0 spiro atoms. The Hall–Kier alpha value is -3.37. The van der Waals surface area contributed by atoms with Crippen molar-refractivity contribution in [2.75, 3.05) is 28.4 Å². The molecule has 34 heavy (non-hydrogen) atoms. The Bertz CT molecular complexity index is 1120. The highest BCUT2D eigenvalue weighted by atomic mass is 31.1. The van der Waals surface area contributed by atoms with E-state index in [1.54, 1.807) is 36.4 Å². The molecular weight excluding hydrogens is 451 g/mol. The molecule has 7 heteroatoms. The van der Waals surface area contributed by atoms with Crippen molar-refractivity contribution in [3.05, 3.63) is 76.3 Å². The van der Waals surface area contributed by atoms with Gasteiger partial charge in [0.2, 0.25) is 11.0 Å². The Balaban J connectivity index is 2.34. The predicted octanol–water partition coefficient (Wildman–Crippen LogP) is 5.43. The van der Waals surface area contributed by atoms with Gasteiger partial charge in [0.1, 0.15) is 34.1 Å². The molecule has 0 aliphatic carbocycles. The molecule has 0 atom stereocenters. The summed E-state index contributed by atoms with van der Waals surface area (Å²) in [5.41, 5.74) is 2.67. The van der Waals surface area contributed by atoms with Gasteiger partial charge in [-0.2, -0.15) is 0 Å². The summed E-state index contributed by atoms with van der Waals surface area (Å²) in [5.74, 6) is 1.38. The smallest absolute Gasteiger partial charge is 0.204 e. The Morgan fingerprint density at radius 3 is 1.29 bits per heavy atom. The van der Waals surface area contributed by atoms with Gasteiger partial charge in [-0.15, -0.1) is 0 Å². The average molecular weight is 480 g/mol. The summed E-state index contributed by atoms with van der Waals surface area (Å²) in [7, 11) is 3.88. The Morgan fingerprint density at radius 1 is 0.588 bits per heavy atom. The number of hydrogen-bond donors (Lipinski definition) is 0. The van der Waals surface area contributed by atoms with Crippen LogP contribution in [0.3, 0.4) is 0 Å². The first kappa shape index (κ1) is 25.3. The number of carbonyl (C=O) groups excluding carboxylic acids is 2. The second kappa shape index (κ2) is 10.7. The number of benzene rings is 3. The van der Waals surface area contributed by atoms with Gasteiger partial charge in [-0.05, 0) is 67.0 Å². The molecule has 0 aromatic heterocycles. The van der Waals surface area contributed by atoms with E-state index in [1.165, 1.54) is 28.4 Å². The summed E-state index contributed by atoms with van der Waals surface area (Å²) in [4.78, 5) is 28.5. The number of ether oxygens (including phenoxy) is 4. The van der Waals surface area contributed by atoms with E-state index in [-0.39, 0.29) is 22.2 Å². The van der Waals surface area contributed by atoms with E-state index in [0.717, 1.165) is 16.7 Å². The van der Waals surface area contributed by atoms with E-state index in [9.17, 15) is 9.59 Å². The quantitative estimate of drug-likeness (QED) is 0.380. The molecule has 0 aliphatic rings. The van der Waals surface area contributed by atoms with Crippen LogP contribution in [-0.4, -0.2) is 39.5 Å². The van der Waals surface area contributed by atoms with Crippen LogP contribution in [0.5, 0.6) is 23.0 Å². The summed E-state index contributed by atoms with van der Waals surface area (Å²) in [5, 5.41) is 0.675. The molecule has 3 aromatic rings. The van der Waals surface area contributed by atoms with Crippen LogP contribution in [0.1, 0.15) is 37.4 Å².